The third kappa shape index (κ3) is 2.65. The molecule has 0 aliphatic carbocycles. The summed E-state index contributed by atoms with van der Waals surface area (Å²) >= 11 is 0. The van der Waals surface area contributed by atoms with E-state index in [1.54, 1.807) is 17.8 Å². The molecule has 7 nitrogen and oxygen atoms in total. The van der Waals surface area contributed by atoms with Crippen LogP contribution in [0.1, 0.15) is 0 Å². The Kier molecular flexibility index (Phi) is 3.93. The maximum atomic E-state index is 12.5. The Morgan fingerprint density at radius 3 is 2.84 bits per heavy atom. The quantitative estimate of drug-likeness (QED) is 0.706. The minimum atomic E-state index is -3.71. The molecule has 1 saturated heterocycles. The predicted octanol–water partition coefficient (Wildman–Crippen LogP) is -0.412. The number of methoxy groups -OCH3 is 1. The summed E-state index contributed by atoms with van der Waals surface area (Å²) in [5, 5.41) is 0. The predicted molar refractivity (Wildman–Crippen MR) is 65.9 cm³/mol. The average molecular weight is 288 g/mol. The first-order valence-electron chi connectivity index (χ1n) is 5.76. The highest BCUT2D eigenvalue weighted by atomic mass is 32.2. The number of ether oxygens (including phenoxy) is 2. The molecule has 0 bridgehead atoms. The van der Waals surface area contributed by atoms with E-state index >= 15 is 0 Å². The number of aromatic nitrogens is 1. The van der Waals surface area contributed by atoms with Gasteiger partial charge in [0, 0.05) is 26.0 Å². The summed E-state index contributed by atoms with van der Waals surface area (Å²) in [5.74, 6) is -0.612. The Morgan fingerprint density at radius 1 is 1.53 bits per heavy atom. The lowest BCUT2D eigenvalue weighted by atomic mass is 10.3. The Bertz CT molecular complexity index is 565. The van der Waals surface area contributed by atoms with Crippen LogP contribution in [0.2, 0.25) is 0 Å². The molecule has 1 aromatic heterocycles. The van der Waals surface area contributed by atoms with Crippen LogP contribution in [-0.4, -0.2) is 56.2 Å². The van der Waals surface area contributed by atoms with Crippen molar-refractivity contribution in [2.75, 3.05) is 26.9 Å². The fraction of sp³-hybridized carbons (Fsp3) is 0.545. The normalized spacial score (nSPS) is 21.3. The molecule has 0 radical (unpaired) electrons. The molecular formula is C11H16N2O5S. The van der Waals surface area contributed by atoms with Gasteiger partial charge >= 0.3 is 5.97 Å². The molecule has 1 aromatic rings. The third-order valence-electron chi connectivity index (χ3n) is 2.96. The number of carbonyl (C=O) groups is 1. The lowest BCUT2D eigenvalue weighted by molar-refractivity contribution is -0.149. The first-order chi connectivity index (χ1) is 8.96. The Balaban J connectivity index is 2.34. The molecule has 8 heteroatoms. The fourth-order valence-corrected chi connectivity index (χ4v) is 3.56. The smallest absolute Gasteiger partial charge is 0.326 e. The van der Waals surface area contributed by atoms with Gasteiger partial charge in [-0.3, -0.25) is 4.79 Å². The number of sulfonamides is 1. The van der Waals surface area contributed by atoms with Crippen molar-refractivity contribution in [3.63, 3.8) is 0 Å². The summed E-state index contributed by atoms with van der Waals surface area (Å²) in [5.41, 5.74) is 0. The molecule has 0 spiro atoms. The van der Waals surface area contributed by atoms with Crippen molar-refractivity contribution in [2.45, 2.75) is 10.9 Å². The molecule has 0 aromatic carbocycles. The highest BCUT2D eigenvalue weighted by Gasteiger charge is 2.39. The van der Waals surface area contributed by atoms with E-state index in [9.17, 15) is 13.2 Å². The second-order valence-electron chi connectivity index (χ2n) is 4.24. The Labute approximate surface area is 111 Å². The van der Waals surface area contributed by atoms with Crippen molar-refractivity contribution in [3.8, 4) is 0 Å². The van der Waals surface area contributed by atoms with Crippen molar-refractivity contribution in [2.24, 2.45) is 7.05 Å². The summed E-state index contributed by atoms with van der Waals surface area (Å²) in [6.45, 7) is 0.412. The monoisotopic (exact) mass is 288 g/mol. The molecule has 1 aliphatic rings. The first-order valence-corrected chi connectivity index (χ1v) is 7.20. The molecule has 0 N–H and O–H groups in total. The van der Waals surface area contributed by atoms with E-state index in [0.717, 1.165) is 4.31 Å². The average Bonchev–Trinajstić information content (AvgIpc) is 2.85. The lowest BCUT2D eigenvalue weighted by Gasteiger charge is -2.32. The zero-order chi connectivity index (χ0) is 14.0. The van der Waals surface area contributed by atoms with E-state index in [2.05, 4.69) is 4.74 Å². The fourth-order valence-electron chi connectivity index (χ4n) is 1.96. The lowest BCUT2D eigenvalue weighted by Crippen LogP contribution is -2.52. The van der Waals surface area contributed by atoms with Crippen LogP contribution in [0.4, 0.5) is 0 Å². The van der Waals surface area contributed by atoms with E-state index in [1.165, 1.54) is 19.4 Å². The van der Waals surface area contributed by atoms with Gasteiger partial charge in [0.25, 0.3) is 0 Å². The number of aryl methyl sites for hydroxylation is 1. The van der Waals surface area contributed by atoms with E-state index in [4.69, 9.17) is 4.74 Å². The van der Waals surface area contributed by atoms with Crippen LogP contribution < -0.4 is 0 Å². The van der Waals surface area contributed by atoms with Crippen LogP contribution >= 0.6 is 0 Å². The molecule has 2 rings (SSSR count). The van der Waals surface area contributed by atoms with Crippen molar-refractivity contribution in [1.29, 1.82) is 0 Å². The molecule has 0 amide bonds. The van der Waals surface area contributed by atoms with Gasteiger partial charge in [-0.25, -0.2) is 8.42 Å². The van der Waals surface area contributed by atoms with Gasteiger partial charge in [0.15, 0.2) is 0 Å². The van der Waals surface area contributed by atoms with Crippen LogP contribution in [0.15, 0.2) is 23.4 Å². The minimum absolute atomic E-state index is 0.0126. The second-order valence-corrected chi connectivity index (χ2v) is 6.13. The molecule has 1 atom stereocenters. The van der Waals surface area contributed by atoms with Crippen LogP contribution in [-0.2, 0) is 31.3 Å². The summed E-state index contributed by atoms with van der Waals surface area (Å²) in [6.07, 6.45) is 3.14. The van der Waals surface area contributed by atoms with Crippen LogP contribution in [0.5, 0.6) is 0 Å². The molecule has 0 saturated carbocycles. The molecule has 1 aliphatic heterocycles. The van der Waals surface area contributed by atoms with Crippen LogP contribution in [0.3, 0.4) is 0 Å². The van der Waals surface area contributed by atoms with Gasteiger partial charge in [-0.05, 0) is 6.07 Å². The van der Waals surface area contributed by atoms with Gasteiger partial charge in [-0.2, -0.15) is 4.31 Å². The number of rotatable bonds is 3. The topological polar surface area (TPSA) is 77.8 Å². The number of esters is 1. The van der Waals surface area contributed by atoms with Crippen molar-refractivity contribution in [3.05, 3.63) is 18.5 Å². The maximum Gasteiger partial charge on any atom is 0.326 e. The number of hydrogen-bond acceptors (Lipinski definition) is 5. The number of hydrogen-bond donors (Lipinski definition) is 0. The van der Waals surface area contributed by atoms with Crippen LogP contribution in [0, 0.1) is 0 Å². The molecular weight excluding hydrogens is 272 g/mol. The highest BCUT2D eigenvalue weighted by Crippen LogP contribution is 2.21. The van der Waals surface area contributed by atoms with Gasteiger partial charge < -0.3 is 14.0 Å². The van der Waals surface area contributed by atoms with Crippen molar-refractivity contribution < 1.29 is 22.7 Å². The molecule has 2 heterocycles. The molecule has 19 heavy (non-hydrogen) atoms. The zero-order valence-corrected chi connectivity index (χ0v) is 11.6. The summed E-state index contributed by atoms with van der Waals surface area (Å²) in [6, 6.07) is 0.572. The van der Waals surface area contributed by atoms with E-state index in [1.807, 2.05) is 0 Å². The third-order valence-corrected chi connectivity index (χ3v) is 4.86. The van der Waals surface area contributed by atoms with Crippen molar-refractivity contribution >= 4 is 16.0 Å². The molecule has 1 fully saturated rings. The second kappa shape index (κ2) is 5.32. The largest absolute Gasteiger partial charge is 0.468 e. The summed E-state index contributed by atoms with van der Waals surface area (Å²) in [4.78, 5) is 11.8. The van der Waals surface area contributed by atoms with E-state index < -0.39 is 22.0 Å². The van der Waals surface area contributed by atoms with Gasteiger partial charge in [-0.15, -0.1) is 0 Å². The summed E-state index contributed by atoms with van der Waals surface area (Å²) in [7, 11) is -0.755. The highest BCUT2D eigenvalue weighted by molar-refractivity contribution is 7.89. The van der Waals surface area contributed by atoms with Gasteiger partial charge in [-0.1, -0.05) is 0 Å². The number of carbonyl (C=O) groups excluding carboxylic acids is 1. The van der Waals surface area contributed by atoms with E-state index in [0.29, 0.717) is 0 Å². The standard InChI is InChI=1S/C11H16N2O5S/c1-12-4-3-9(7-12)19(15,16)13-5-6-18-8-10(13)11(14)17-2/h3-4,7,10H,5-6,8H2,1-2H3. The SMILES string of the molecule is COC(=O)C1COCCN1S(=O)(=O)c1ccn(C)c1. The molecule has 106 valence electrons. The summed E-state index contributed by atoms with van der Waals surface area (Å²) < 4.78 is 37.5. The zero-order valence-electron chi connectivity index (χ0n) is 10.8. The van der Waals surface area contributed by atoms with E-state index in [-0.39, 0.29) is 24.7 Å². The Hall–Kier alpha value is -1.38. The van der Waals surface area contributed by atoms with Crippen molar-refractivity contribution in [1.82, 2.24) is 8.87 Å². The maximum absolute atomic E-state index is 12.5. The van der Waals surface area contributed by atoms with Gasteiger partial charge in [0.05, 0.1) is 25.2 Å². The van der Waals surface area contributed by atoms with Gasteiger partial charge in [0.2, 0.25) is 10.0 Å². The molecule has 1 unspecified atom stereocenters. The Morgan fingerprint density at radius 2 is 2.26 bits per heavy atom. The minimum Gasteiger partial charge on any atom is -0.468 e. The first kappa shape index (κ1) is 14.0. The number of nitrogens with zero attached hydrogens (tertiary/aromatic N) is 2. The van der Waals surface area contributed by atoms with Gasteiger partial charge in [0.1, 0.15) is 6.04 Å². The number of morpholine rings is 1. The van der Waals surface area contributed by atoms with Crippen LogP contribution in [0.25, 0.3) is 0 Å².